The molecule has 0 fully saturated rings. The molecule has 0 aliphatic heterocycles. The van der Waals surface area contributed by atoms with Crippen LogP contribution in [0, 0.1) is 0 Å². The van der Waals surface area contributed by atoms with Gasteiger partial charge in [-0.25, -0.2) is 9.97 Å². The molecule has 3 aromatic rings. The summed E-state index contributed by atoms with van der Waals surface area (Å²) in [5, 5.41) is 0.829. The minimum atomic E-state index is -0.0873. The number of nitrogen functional groups attached to an aromatic ring is 1. The molecule has 1 atom stereocenters. The first-order valence-electron chi connectivity index (χ1n) is 6.46. The first kappa shape index (κ1) is 12.4. The van der Waals surface area contributed by atoms with Gasteiger partial charge in [0.15, 0.2) is 0 Å². The Labute approximate surface area is 117 Å². The molecule has 4 heteroatoms. The molecule has 1 unspecified atom stereocenters. The number of hydrogen-bond donors (Lipinski definition) is 1. The van der Waals surface area contributed by atoms with Crippen LogP contribution >= 0.6 is 0 Å². The molecule has 0 aliphatic rings. The number of ether oxygens (including phenoxy) is 1. The maximum Gasteiger partial charge on any atom is 0.225 e. The zero-order valence-corrected chi connectivity index (χ0v) is 11.2. The average Bonchev–Trinajstić information content (AvgIpc) is 2.49. The number of hydrogen-bond acceptors (Lipinski definition) is 4. The Morgan fingerprint density at radius 2 is 1.85 bits per heavy atom. The van der Waals surface area contributed by atoms with Gasteiger partial charge in [-0.1, -0.05) is 30.3 Å². The number of benzene rings is 2. The zero-order chi connectivity index (χ0) is 13.9. The van der Waals surface area contributed by atoms with Crippen LogP contribution in [0.15, 0.2) is 54.9 Å². The number of anilines is 1. The summed E-state index contributed by atoms with van der Waals surface area (Å²) in [6.07, 6.45) is 1.42. The Morgan fingerprint density at radius 3 is 2.65 bits per heavy atom. The first-order valence-corrected chi connectivity index (χ1v) is 6.46. The molecule has 0 saturated carbocycles. The number of nitrogens with two attached hydrogens (primary N) is 1. The Balaban J connectivity index is 1.97. The van der Waals surface area contributed by atoms with Gasteiger partial charge in [0, 0.05) is 5.69 Å². The van der Waals surface area contributed by atoms with Crippen molar-refractivity contribution in [2.24, 2.45) is 0 Å². The molecule has 3 rings (SSSR count). The van der Waals surface area contributed by atoms with Gasteiger partial charge in [0.1, 0.15) is 12.4 Å². The van der Waals surface area contributed by atoms with Crippen LogP contribution in [0.1, 0.15) is 18.6 Å². The van der Waals surface area contributed by atoms with E-state index in [1.807, 2.05) is 55.5 Å². The molecule has 100 valence electrons. The third-order valence-electron chi connectivity index (χ3n) is 3.18. The highest BCUT2D eigenvalue weighted by Gasteiger charge is 2.11. The third kappa shape index (κ3) is 2.40. The fourth-order valence-corrected chi connectivity index (χ4v) is 2.10. The molecule has 0 amide bonds. The Hall–Kier alpha value is -2.62. The maximum atomic E-state index is 5.96. The van der Waals surface area contributed by atoms with Crippen LogP contribution < -0.4 is 10.5 Å². The molecule has 1 heterocycles. The van der Waals surface area contributed by atoms with Crippen LogP contribution in [0.3, 0.4) is 0 Å². The van der Waals surface area contributed by atoms with Gasteiger partial charge >= 0.3 is 0 Å². The summed E-state index contributed by atoms with van der Waals surface area (Å²) in [6, 6.07) is 15.5. The minimum absolute atomic E-state index is 0.0873. The molecule has 0 aliphatic carbocycles. The van der Waals surface area contributed by atoms with E-state index in [-0.39, 0.29) is 6.10 Å². The van der Waals surface area contributed by atoms with Crippen LogP contribution in [0.2, 0.25) is 0 Å². The third-order valence-corrected chi connectivity index (χ3v) is 3.18. The SMILES string of the molecule is CC(Oc1ncnc2ccc(N)cc12)c1ccccc1. The monoisotopic (exact) mass is 265 g/mol. The minimum Gasteiger partial charge on any atom is -0.469 e. The summed E-state index contributed by atoms with van der Waals surface area (Å²) < 4.78 is 5.96. The van der Waals surface area contributed by atoms with Crippen molar-refractivity contribution in [3.8, 4) is 5.88 Å². The second-order valence-corrected chi connectivity index (χ2v) is 4.63. The number of fused-ring (bicyclic) bond motifs is 1. The molecule has 2 aromatic carbocycles. The Bertz CT molecular complexity index is 728. The van der Waals surface area contributed by atoms with E-state index in [9.17, 15) is 0 Å². The van der Waals surface area contributed by atoms with Crippen molar-refractivity contribution < 1.29 is 4.74 Å². The second-order valence-electron chi connectivity index (χ2n) is 4.63. The number of rotatable bonds is 3. The molecule has 1 aromatic heterocycles. The molecule has 0 bridgehead atoms. The van der Waals surface area contributed by atoms with E-state index in [1.165, 1.54) is 6.33 Å². The number of aromatic nitrogens is 2. The van der Waals surface area contributed by atoms with E-state index >= 15 is 0 Å². The predicted octanol–water partition coefficient (Wildman–Crippen LogP) is 3.35. The van der Waals surface area contributed by atoms with Crippen molar-refractivity contribution in [2.75, 3.05) is 5.73 Å². The van der Waals surface area contributed by atoms with Crippen molar-refractivity contribution in [3.63, 3.8) is 0 Å². The summed E-state index contributed by atoms with van der Waals surface area (Å²) in [6.45, 7) is 2.00. The van der Waals surface area contributed by atoms with Gasteiger partial charge in [0.2, 0.25) is 5.88 Å². The van der Waals surface area contributed by atoms with Gasteiger partial charge in [-0.05, 0) is 30.7 Å². The van der Waals surface area contributed by atoms with E-state index in [2.05, 4.69) is 9.97 Å². The predicted molar refractivity (Wildman–Crippen MR) is 79.4 cm³/mol. The second kappa shape index (κ2) is 5.17. The van der Waals surface area contributed by atoms with E-state index in [0.717, 1.165) is 16.5 Å². The van der Waals surface area contributed by atoms with Gasteiger partial charge in [-0.15, -0.1) is 0 Å². The van der Waals surface area contributed by atoms with Crippen LogP contribution in [0.25, 0.3) is 10.9 Å². The molecule has 0 radical (unpaired) electrons. The quantitative estimate of drug-likeness (QED) is 0.738. The standard InChI is InChI=1S/C16H15N3O/c1-11(12-5-3-2-4-6-12)20-16-14-9-13(17)7-8-15(14)18-10-19-16/h2-11H,17H2,1H3. The summed E-state index contributed by atoms with van der Waals surface area (Å²) in [7, 11) is 0. The lowest BCUT2D eigenvalue weighted by Crippen LogP contribution is -2.05. The van der Waals surface area contributed by atoms with E-state index in [1.54, 1.807) is 0 Å². The Kier molecular flexibility index (Phi) is 3.21. The molecule has 20 heavy (non-hydrogen) atoms. The molecule has 2 N–H and O–H groups in total. The number of nitrogens with zero attached hydrogens (tertiary/aromatic N) is 2. The van der Waals surface area contributed by atoms with Crippen molar-refractivity contribution >= 4 is 16.6 Å². The highest BCUT2D eigenvalue weighted by Crippen LogP contribution is 2.27. The largest absolute Gasteiger partial charge is 0.469 e. The highest BCUT2D eigenvalue weighted by molar-refractivity contribution is 5.86. The molecule has 0 spiro atoms. The lowest BCUT2D eigenvalue weighted by molar-refractivity contribution is 0.220. The lowest BCUT2D eigenvalue weighted by atomic mass is 10.1. The van der Waals surface area contributed by atoms with Crippen molar-refractivity contribution in [1.29, 1.82) is 0 Å². The van der Waals surface area contributed by atoms with Crippen molar-refractivity contribution in [1.82, 2.24) is 9.97 Å². The molecular formula is C16H15N3O. The van der Waals surface area contributed by atoms with Crippen LogP contribution in [-0.4, -0.2) is 9.97 Å². The average molecular weight is 265 g/mol. The van der Waals surface area contributed by atoms with Gasteiger partial charge < -0.3 is 10.5 Å². The van der Waals surface area contributed by atoms with Crippen LogP contribution in [-0.2, 0) is 0 Å². The fourth-order valence-electron chi connectivity index (χ4n) is 2.10. The van der Waals surface area contributed by atoms with Crippen molar-refractivity contribution in [3.05, 3.63) is 60.4 Å². The van der Waals surface area contributed by atoms with Crippen LogP contribution in [0.5, 0.6) is 5.88 Å². The smallest absolute Gasteiger partial charge is 0.225 e. The van der Waals surface area contributed by atoms with Crippen molar-refractivity contribution in [2.45, 2.75) is 13.0 Å². The van der Waals surface area contributed by atoms with E-state index < -0.39 is 0 Å². The summed E-state index contributed by atoms with van der Waals surface area (Å²) in [5.41, 5.74) is 8.42. The topological polar surface area (TPSA) is 61.0 Å². The summed E-state index contributed by atoms with van der Waals surface area (Å²) in [5.74, 6) is 0.554. The molecule has 4 nitrogen and oxygen atoms in total. The molecule has 0 saturated heterocycles. The zero-order valence-electron chi connectivity index (χ0n) is 11.2. The summed E-state index contributed by atoms with van der Waals surface area (Å²) in [4.78, 5) is 8.44. The maximum absolute atomic E-state index is 5.96. The normalized spacial score (nSPS) is 12.2. The van der Waals surface area contributed by atoms with Gasteiger partial charge in [0.25, 0.3) is 0 Å². The Morgan fingerprint density at radius 1 is 1.05 bits per heavy atom. The molecular weight excluding hydrogens is 250 g/mol. The highest BCUT2D eigenvalue weighted by atomic mass is 16.5. The van der Waals surface area contributed by atoms with E-state index in [0.29, 0.717) is 11.6 Å². The van der Waals surface area contributed by atoms with Gasteiger partial charge in [-0.3, -0.25) is 0 Å². The fraction of sp³-hybridized carbons (Fsp3) is 0.125. The van der Waals surface area contributed by atoms with Gasteiger partial charge in [-0.2, -0.15) is 0 Å². The van der Waals surface area contributed by atoms with Gasteiger partial charge in [0.05, 0.1) is 10.9 Å². The first-order chi connectivity index (χ1) is 9.74. The van der Waals surface area contributed by atoms with E-state index in [4.69, 9.17) is 10.5 Å². The summed E-state index contributed by atoms with van der Waals surface area (Å²) >= 11 is 0. The lowest BCUT2D eigenvalue weighted by Gasteiger charge is -2.15. The van der Waals surface area contributed by atoms with Crippen LogP contribution in [0.4, 0.5) is 5.69 Å².